The summed E-state index contributed by atoms with van der Waals surface area (Å²) in [6.07, 6.45) is 1.35. The number of para-hydroxylation sites is 1. The maximum atomic E-state index is 12.7. The van der Waals surface area contributed by atoms with Gasteiger partial charge in [-0.3, -0.25) is 4.79 Å². The van der Waals surface area contributed by atoms with Crippen molar-refractivity contribution in [2.45, 2.75) is 25.8 Å². The van der Waals surface area contributed by atoms with Crippen LogP contribution in [-0.2, 0) is 0 Å². The molecule has 1 heterocycles. The van der Waals surface area contributed by atoms with E-state index in [1.54, 1.807) is 17.0 Å². The lowest BCUT2D eigenvalue weighted by Crippen LogP contribution is -2.47. The van der Waals surface area contributed by atoms with Crippen LogP contribution >= 0.6 is 11.6 Å². The molecule has 30 heavy (non-hydrogen) atoms. The number of ether oxygens (including phenoxy) is 2. The third kappa shape index (κ3) is 5.36. The minimum atomic E-state index is -0.231. The predicted octanol–water partition coefficient (Wildman–Crippen LogP) is 4.17. The first-order chi connectivity index (χ1) is 14.5. The molecule has 0 unspecified atom stereocenters. The molecule has 160 valence electrons. The summed E-state index contributed by atoms with van der Waals surface area (Å²) in [5.41, 5.74) is 1.17. The number of amides is 3. The number of piperidine rings is 1. The Hall–Kier alpha value is -2.93. The highest BCUT2D eigenvalue weighted by atomic mass is 35.5. The van der Waals surface area contributed by atoms with Gasteiger partial charge in [0, 0.05) is 30.4 Å². The largest absolute Gasteiger partial charge is 0.493 e. The summed E-state index contributed by atoms with van der Waals surface area (Å²) in [5.74, 6) is 0.614. The molecule has 1 aliphatic rings. The third-order valence-electron chi connectivity index (χ3n) is 4.92. The molecule has 1 saturated heterocycles. The number of hydrogen-bond donors (Lipinski definition) is 2. The number of nitrogens with zero attached hydrogens (tertiary/aromatic N) is 1. The van der Waals surface area contributed by atoms with Crippen LogP contribution in [0, 0.1) is 0 Å². The molecule has 0 saturated carbocycles. The van der Waals surface area contributed by atoms with E-state index in [0.717, 1.165) is 5.69 Å². The number of methoxy groups -OCH3 is 1. The topological polar surface area (TPSA) is 79.9 Å². The number of halogens is 1. The summed E-state index contributed by atoms with van der Waals surface area (Å²) in [5, 5.41) is 6.24. The van der Waals surface area contributed by atoms with Gasteiger partial charge in [0.15, 0.2) is 11.5 Å². The van der Waals surface area contributed by atoms with Crippen molar-refractivity contribution in [3.05, 3.63) is 53.1 Å². The van der Waals surface area contributed by atoms with Gasteiger partial charge in [0.05, 0.1) is 18.7 Å². The van der Waals surface area contributed by atoms with Crippen LogP contribution in [0.2, 0.25) is 5.02 Å². The van der Waals surface area contributed by atoms with E-state index in [-0.39, 0.29) is 18.0 Å². The minimum Gasteiger partial charge on any atom is -0.493 e. The molecule has 2 aromatic carbocycles. The summed E-state index contributed by atoms with van der Waals surface area (Å²) in [7, 11) is 1.51. The summed E-state index contributed by atoms with van der Waals surface area (Å²) < 4.78 is 10.8. The Labute approximate surface area is 181 Å². The summed E-state index contributed by atoms with van der Waals surface area (Å²) in [6, 6.07) is 12.4. The van der Waals surface area contributed by atoms with E-state index >= 15 is 0 Å². The van der Waals surface area contributed by atoms with Gasteiger partial charge in [-0.25, -0.2) is 4.79 Å². The zero-order valence-corrected chi connectivity index (χ0v) is 17.9. The van der Waals surface area contributed by atoms with E-state index in [9.17, 15) is 9.59 Å². The lowest BCUT2D eigenvalue weighted by atomic mass is 10.0. The van der Waals surface area contributed by atoms with Crippen LogP contribution in [0.5, 0.6) is 11.5 Å². The van der Waals surface area contributed by atoms with E-state index in [1.807, 2.05) is 37.3 Å². The van der Waals surface area contributed by atoms with Gasteiger partial charge in [-0.1, -0.05) is 29.8 Å². The highest BCUT2D eigenvalue weighted by Gasteiger charge is 2.25. The van der Waals surface area contributed by atoms with Crippen LogP contribution < -0.4 is 20.1 Å². The normalized spacial score (nSPS) is 14.2. The molecule has 1 aliphatic heterocycles. The van der Waals surface area contributed by atoms with E-state index in [2.05, 4.69) is 10.6 Å². The first-order valence-electron chi connectivity index (χ1n) is 9.94. The van der Waals surface area contributed by atoms with Gasteiger partial charge < -0.3 is 25.0 Å². The molecular formula is C22H26ClN3O4. The van der Waals surface area contributed by atoms with Crippen molar-refractivity contribution >= 4 is 29.2 Å². The average molecular weight is 432 g/mol. The molecule has 2 aromatic rings. The fourth-order valence-corrected chi connectivity index (χ4v) is 3.62. The molecule has 0 aliphatic carbocycles. The fraction of sp³-hybridized carbons (Fsp3) is 0.364. The Morgan fingerprint density at radius 2 is 1.87 bits per heavy atom. The van der Waals surface area contributed by atoms with Gasteiger partial charge >= 0.3 is 6.03 Å². The number of carbonyl (C=O) groups is 2. The number of carbonyl (C=O) groups excluding carboxylic acids is 2. The second-order valence-electron chi connectivity index (χ2n) is 6.95. The van der Waals surface area contributed by atoms with Crippen molar-refractivity contribution in [1.82, 2.24) is 10.2 Å². The van der Waals surface area contributed by atoms with Crippen molar-refractivity contribution < 1.29 is 19.1 Å². The van der Waals surface area contributed by atoms with Crippen molar-refractivity contribution in [3.8, 4) is 11.5 Å². The number of likely N-dealkylation sites (tertiary alicyclic amines) is 1. The molecule has 3 rings (SSSR count). The Morgan fingerprint density at radius 3 is 2.50 bits per heavy atom. The monoisotopic (exact) mass is 431 g/mol. The first kappa shape index (κ1) is 21.8. The highest BCUT2D eigenvalue weighted by Crippen LogP contribution is 2.36. The van der Waals surface area contributed by atoms with Crippen molar-refractivity contribution in [3.63, 3.8) is 0 Å². The molecule has 1 fully saturated rings. The van der Waals surface area contributed by atoms with Crippen LogP contribution in [0.25, 0.3) is 0 Å². The second-order valence-corrected chi connectivity index (χ2v) is 7.36. The average Bonchev–Trinajstić information content (AvgIpc) is 2.76. The number of benzene rings is 2. The lowest BCUT2D eigenvalue weighted by Gasteiger charge is -2.32. The Bertz CT molecular complexity index is 883. The third-order valence-corrected chi connectivity index (χ3v) is 5.20. The Morgan fingerprint density at radius 1 is 1.17 bits per heavy atom. The van der Waals surface area contributed by atoms with E-state index in [0.29, 0.717) is 54.6 Å². The maximum Gasteiger partial charge on any atom is 0.321 e. The number of urea groups is 1. The standard InChI is InChI=1S/C22H26ClN3O4/c1-3-30-20-18(23)13-15(14-19(20)29-2)21(27)24-17-9-11-26(12-10-17)22(28)25-16-7-5-4-6-8-16/h4-8,13-14,17H,3,9-12H2,1-2H3,(H,24,27)(H,25,28). The number of nitrogens with one attached hydrogen (secondary N) is 2. The molecule has 0 radical (unpaired) electrons. The molecular weight excluding hydrogens is 406 g/mol. The quantitative estimate of drug-likeness (QED) is 0.719. The van der Waals surface area contributed by atoms with E-state index in [4.69, 9.17) is 21.1 Å². The molecule has 3 amide bonds. The van der Waals surface area contributed by atoms with Gasteiger partial charge in [-0.2, -0.15) is 0 Å². The van der Waals surface area contributed by atoms with Gasteiger partial charge in [-0.15, -0.1) is 0 Å². The molecule has 2 N–H and O–H groups in total. The highest BCUT2D eigenvalue weighted by molar-refractivity contribution is 6.32. The first-order valence-corrected chi connectivity index (χ1v) is 10.3. The summed E-state index contributed by atoms with van der Waals surface area (Å²) >= 11 is 6.26. The fourth-order valence-electron chi connectivity index (χ4n) is 3.36. The maximum absolute atomic E-state index is 12.7. The van der Waals surface area contributed by atoms with E-state index < -0.39 is 0 Å². The van der Waals surface area contributed by atoms with Crippen LogP contribution in [0.1, 0.15) is 30.1 Å². The Balaban J connectivity index is 1.55. The molecule has 0 bridgehead atoms. The predicted molar refractivity (Wildman–Crippen MR) is 117 cm³/mol. The molecule has 0 aromatic heterocycles. The van der Waals surface area contributed by atoms with Gasteiger partial charge in [0.1, 0.15) is 0 Å². The number of hydrogen-bond acceptors (Lipinski definition) is 4. The van der Waals surface area contributed by atoms with Gasteiger partial charge in [0.2, 0.25) is 0 Å². The molecule has 0 atom stereocenters. The summed E-state index contributed by atoms with van der Waals surface area (Å²) in [4.78, 5) is 26.9. The van der Waals surface area contributed by atoms with E-state index in [1.165, 1.54) is 7.11 Å². The van der Waals surface area contributed by atoms with Crippen LogP contribution in [0.15, 0.2) is 42.5 Å². The number of anilines is 1. The Kier molecular flexibility index (Phi) is 7.41. The zero-order valence-electron chi connectivity index (χ0n) is 17.1. The summed E-state index contributed by atoms with van der Waals surface area (Å²) in [6.45, 7) is 3.43. The SMILES string of the molecule is CCOc1c(Cl)cc(C(=O)NC2CCN(C(=O)Nc3ccccc3)CC2)cc1OC. The van der Waals surface area contributed by atoms with Gasteiger partial charge in [-0.05, 0) is 44.0 Å². The smallest absolute Gasteiger partial charge is 0.321 e. The van der Waals surface area contributed by atoms with Crippen molar-refractivity contribution in [2.75, 3.05) is 32.1 Å². The molecule has 8 heteroatoms. The van der Waals surface area contributed by atoms with Crippen LogP contribution in [0.3, 0.4) is 0 Å². The minimum absolute atomic E-state index is 0.0189. The number of rotatable bonds is 6. The van der Waals surface area contributed by atoms with Gasteiger partial charge in [0.25, 0.3) is 5.91 Å². The lowest BCUT2D eigenvalue weighted by molar-refractivity contribution is 0.0919. The molecule has 0 spiro atoms. The van der Waals surface area contributed by atoms with Crippen LogP contribution in [0.4, 0.5) is 10.5 Å². The molecule has 7 nitrogen and oxygen atoms in total. The van der Waals surface area contributed by atoms with Crippen molar-refractivity contribution in [1.29, 1.82) is 0 Å². The van der Waals surface area contributed by atoms with Crippen LogP contribution in [-0.4, -0.2) is 49.7 Å². The van der Waals surface area contributed by atoms with Crippen molar-refractivity contribution in [2.24, 2.45) is 0 Å². The zero-order chi connectivity index (χ0) is 21.5. The second kappa shape index (κ2) is 10.2.